The van der Waals surface area contributed by atoms with E-state index in [9.17, 15) is 14.4 Å². The second-order valence-corrected chi connectivity index (χ2v) is 10.8. The normalized spacial score (nSPS) is 17.1. The molecule has 230 valence electrons. The van der Waals surface area contributed by atoms with Gasteiger partial charge in [0.25, 0.3) is 11.8 Å². The van der Waals surface area contributed by atoms with Crippen LogP contribution in [0, 0.1) is 11.8 Å². The van der Waals surface area contributed by atoms with E-state index in [0.29, 0.717) is 28.6 Å². The van der Waals surface area contributed by atoms with Crippen LogP contribution in [0.3, 0.4) is 0 Å². The number of benzene rings is 1. The number of methoxy groups -OCH3 is 1. The molecule has 0 radical (unpaired) electrons. The number of aliphatic imine (C=N–C) groups is 1. The maximum Gasteiger partial charge on any atom is 0.255 e. The standard InChI is InChI=1S/C33H44N6O4/c1-8-9-10-12-21(2)18-39-19-25(20-39)23(4)36-33(42)26-13-11-14-27(30(26)43-7)37-28(22(3)31(40)35-6)17-29(34-5)38-32(41)24-15-16-24/h8-14,17,23-25,37H,1,3,15-16,18-20H2,2,4-7H3,(H,35,40)(H,36,42)(H,34,38,41)/b10-9-,21-12+,28-17+. The third kappa shape index (κ3) is 9.27. The smallest absolute Gasteiger partial charge is 0.255 e. The van der Waals surface area contributed by atoms with Gasteiger partial charge in [0.05, 0.1) is 29.6 Å². The number of anilines is 1. The molecule has 2 fully saturated rings. The summed E-state index contributed by atoms with van der Waals surface area (Å²) in [6.07, 6.45) is 10.9. The second-order valence-electron chi connectivity index (χ2n) is 10.8. The Morgan fingerprint density at radius 1 is 1.21 bits per heavy atom. The number of carbonyl (C=O) groups is 3. The van der Waals surface area contributed by atoms with Crippen molar-refractivity contribution in [3.05, 3.63) is 84.1 Å². The van der Waals surface area contributed by atoms with Crippen LogP contribution in [0.25, 0.3) is 0 Å². The number of hydrogen-bond donors (Lipinski definition) is 4. The van der Waals surface area contributed by atoms with Crippen molar-refractivity contribution >= 4 is 29.2 Å². The fraction of sp³-hybridized carbons (Fsp3) is 0.394. The van der Waals surface area contributed by atoms with Gasteiger partial charge in [-0.2, -0.15) is 0 Å². The summed E-state index contributed by atoms with van der Waals surface area (Å²) < 4.78 is 5.68. The number of likely N-dealkylation sites (tertiary alicyclic amines) is 1. The van der Waals surface area contributed by atoms with Crippen molar-refractivity contribution in [2.24, 2.45) is 16.8 Å². The molecule has 3 amide bonds. The predicted octanol–water partition coefficient (Wildman–Crippen LogP) is 3.59. The molecule has 1 aromatic rings. The molecule has 4 N–H and O–H groups in total. The minimum Gasteiger partial charge on any atom is -0.494 e. The molecular formula is C33H44N6O4. The van der Waals surface area contributed by atoms with Crippen LogP contribution in [0.1, 0.15) is 37.0 Å². The summed E-state index contributed by atoms with van der Waals surface area (Å²) in [6, 6.07) is 5.11. The molecule has 43 heavy (non-hydrogen) atoms. The number of amides is 3. The number of nitrogens with zero attached hydrogens (tertiary/aromatic N) is 2. The van der Waals surface area contributed by atoms with E-state index in [-0.39, 0.29) is 35.2 Å². The van der Waals surface area contributed by atoms with Gasteiger partial charge >= 0.3 is 0 Å². The molecule has 1 unspecified atom stereocenters. The van der Waals surface area contributed by atoms with Gasteiger partial charge in [0.2, 0.25) is 5.91 Å². The number of carbonyl (C=O) groups excluding carboxylic acids is 3. The Hall–Kier alpha value is -4.44. The lowest BCUT2D eigenvalue weighted by molar-refractivity contribution is -0.120. The summed E-state index contributed by atoms with van der Waals surface area (Å²) in [5.74, 6) is 0.0982. The van der Waals surface area contributed by atoms with Crippen molar-refractivity contribution in [2.75, 3.05) is 46.2 Å². The van der Waals surface area contributed by atoms with Crippen LogP contribution in [0.4, 0.5) is 5.69 Å². The minimum atomic E-state index is -0.419. The Labute approximate surface area is 254 Å². The molecule has 0 spiro atoms. The summed E-state index contributed by atoms with van der Waals surface area (Å²) in [7, 11) is 4.53. The van der Waals surface area contributed by atoms with Gasteiger partial charge in [-0.25, -0.2) is 0 Å². The first-order valence-corrected chi connectivity index (χ1v) is 14.4. The van der Waals surface area contributed by atoms with Crippen LogP contribution in [0.15, 0.2) is 83.6 Å². The molecule has 1 saturated carbocycles. The molecule has 1 atom stereocenters. The van der Waals surface area contributed by atoms with Crippen LogP contribution in [-0.4, -0.2) is 75.3 Å². The fourth-order valence-electron chi connectivity index (χ4n) is 4.68. The number of amidine groups is 1. The number of ether oxygens (including phenoxy) is 1. The number of hydrogen-bond acceptors (Lipinski definition) is 7. The Balaban J connectivity index is 1.73. The zero-order chi connectivity index (χ0) is 31.5. The average Bonchev–Trinajstić information content (AvgIpc) is 3.83. The molecule has 1 aromatic carbocycles. The summed E-state index contributed by atoms with van der Waals surface area (Å²) in [6.45, 7) is 14.4. The average molecular weight is 589 g/mol. The van der Waals surface area contributed by atoms with Crippen molar-refractivity contribution in [3.8, 4) is 5.75 Å². The van der Waals surface area contributed by atoms with E-state index in [2.05, 4.69) is 57.3 Å². The molecule has 1 aliphatic heterocycles. The van der Waals surface area contributed by atoms with Gasteiger partial charge < -0.3 is 26.0 Å². The highest BCUT2D eigenvalue weighted by atomic mass is 16.5. The second kappa shape index (κ2) is 15.7. The van der Waals surface area contributed by atoms with Gasteiger partial charge in [0.1, 0.15) is 5.84 Å². The molecule has 0 aromatic heterocycles. The third-order valence-corrected chi connectivity index (χ3v) is 7.43. The first-order valence-electron chi connectivity index (χ1n) is 14.4. The van der Waals surface area contributed by atoms with Crippen LogP contribution >= 0.6 is 0 Å². The lowest BCUT2D eigenvalue weighted by atomic mass is 9.92. The predicted molar refractivity (Wildman–Crippen MR) is 172 cm³/mol. The van der Waals surface area contributed by atoms with Crippen LogP contribution in [-0.2, 0) is 9.59 Å². The lowest BCUT2D eigenvalue weighted by Gasteiger charge is -2.42. The van der Waals surface area contributed by atoms with Gasteiger partial charge in [-0.05, 0) is 38.8 Å². The molecule has 0 bridgehead atoms. The van der Waals surface area contributed by atoms with Gasteiger partial charge in [-0.15, -0.1) is 0 Å². The van der Waals surface area contributed by atoms with Gasteiger partial charge in [-0.3, -0.25) is 24.3 Å². The number of allylic oxidation sites excluding steroid dienone is 4. The molecule has 1 saturated heterocycles. The van der Waals surface area contributed by atoms with Crippen LogP contribution in [0.5, 0.6) is 5.75 Å². The zero-order valence-corrected chi connectivity index (χ0v) is 25.8. The monoisotopic (exact) mass is 588 g/mol. The minimum absolute atomic E-state index is 0.0184. The molecule has 3 rings (SSSR count). The molecular weight excluding hydrogens is 544 g/mol. The Kier molecular flexibility index (Phi) is 12.1. The number of rotatable bonds is 14. The number of nitrogens with one attached hydrogen (secondary N) is 4. The SMILES string of the molecule is C=C/C=C\C=C(/C)CN1CC(C(C)NC(=O)c2cccc(N/C(=C/C(=NC)NC(=O)C3CC3)C(=C)C(=O)NC)c2OC)C1. The molecule has 1 heterocycles. The van der Waals surface area contributed by atoms with Crippen molar-refractivity contribution in [1.82, 2.24) is 20.9 Å². The van der Waals surface area contributed by atoms with Gasteiger partial charge in [-0.1, -0.05) is 49.1 Å². The zero-order valence-electron chi connectivity index (χ0n) is 25.8. The summed E-state index contributed by atoms with van der Waals surface area (Å²) in [5, 5.41) is 11.7. The van der Waals surface area contributed by atoms with E-state index in [1.54, 1.807) is 37.4 Å². The van der Waals surface area contributed by atoms with E-state index in [0.717, 1.165) is 32.5 Å². The Morgan fingerprint density at radius 2 is 1.93 bits per heavy atom. The van der Waals surface area contributed by atoms with Crippen LogP contribution < -0.4 is 26.0 Å². The Bertz CT molecular complexity index is 1350. The molecule has 1 aliphatic carbocycles. The Morgan fingerprint density at radius 3 is 2.53 bits per heavy atom. The first-order chi connectivity index (χ1) is 20.6. The summed E-state index contributed by atoms with van der Waals surface area (Å²) in [4.78, 5) is 44.8. The topological polar surface area (TPSA) is 124 Å². The number of para-hydroxylation sites is 1. The largest absolute Gasteiger partial charge is 0.494 e. The van der Waals surface area contributed by atoms with Crippen molar-refractivity contribution in [1.29, 1.82) is 0 Å². The molecule has 2 aliphatic rings. The maximum atomic E-state index is 13.4. The van der Waals surface area contributed by atoms with Gasteiger partial charge in [0, 0.05) is 57.7 Å². The fourth-order valence-corrected chi connectivity index (χ4v) is 4.68. The van der Waals surface area contributed by atoms with Crippen molar-refractivity contribution < 1.29 is 19.1 Å². The molecule has 10 heteroatoms. The lowest BCUT2D eigenvalue weighted by Crippen LogP contribution is -2.55. The van der Waals surface area contributed by atoms with Crippen molar-refractivity contribution in [3.63, 3.8) is 0 Å². The van der Waals surface area contributed by atoms with E-state index in [1.165, 1.54) is 19.7 Å². The summed E-state index contributed by atoms with van der Waals surface area (Å²) in [5.41, 5.74) is 2.47. The highest BCUT2D eigenvalue weighted by Gasteiger charge is 2.33. The van der Waals surface area contributed by atoms with E-state index in [1.807, 2.05) is 19.1 Å². The van der Waals surface area contributed by atoms with E-state index < -0.39 is 5.91 Å². The van der Waals surface area contributed by atoms with Gasteiger partial charge in [0.15, 0.2) is 5.75 Å². The molecule has 10 nitrogen and oxygen atoms in total. The first kappa shape index (κ1) is 33.1. The maximum absolute atomic E-state index is 13.4. The van der Waals surface area contributed by atoms with Crippen LogP contribution in [0.2, 0.25) is 0 Å². The third-order valence-electron chi connectivity index (χ3n) is 7.43. The highest BCUT2D eigenvalue weighted by Crippen LogP contribution is 2.32. The quantitative estimate of drug-likeness (QED) is 0.114. The van der Waals surface area contributed by atoms with E-state index in [4.69, 9.17) is 4.74 Å². The highest BCUT2D eigenvalue weighted by molar-refractivity contribution is 6.08. The number of likely N-dealkylation sites (N-methyl/N-ethyl adjacent to an activating group) is 1. The van der Waals surface area contributed by atoms with E-state index >= 15 is 0 Å². The van der Waals surface area contributed by atoms with Crippen molar-refractivity contribution in [2.45, 2.75) is 32.7 Å². The summed E-state index contributed by atoms with van der Waals surface area (Å²) >= 11 is 0.